The number of nitrogens with two attached hydrogens (primary N) is 1. The normalized spacial score (nSPS) is 23.6. The molecule has 5 heteroatoms. The van der Waals surface area contributed by atoms with Gasteiger partial charge in [0.2, 0.25) is 0 Å². The first kappa shape index (κ1) is 15.2. The van der Waals surface area contributed by atoms with Gasteiger partial charge < -0.3 is 15.2 Å². The topological polar surface area (TPSA) is 44.5 Å². The maximum Gasteiger partial charge on any atom is 0.137 e. The molecule has 0 bridgehead atoms. The molecule has 2 N–H and O–H groups in total. The number of ether oxygens (including phenoxy) is 2. The van der Waals surface area contributed by atoms with E-state index in [9.17, 15) is 4.39 Å². The second kappa shape index (κ2) is 4.97. The van der Waals surface area contributed by atoms with Crippen LogP contribution in [0.3, 0.4) is 0 Å². The van der Waals surface area contributed by atoms with Crippen LogP contribution in [-0.4, -0.2) is 22.3 Å². The number of hydrogen-bond donors (Lipinski definition) is 1. The van der Waals surface area contributed by atoms with Gasteiger partial charge >= 0.3 is 0 Å². The standard InChI is InChI=1S/C15H20FNO2S/c1-14(2)8-12(15(3,4)19-14)18-9-5-6-10(13(17)20)11(16)7-9/h5-7,12H,8H2,1-4H3,(H2,17,20). The van der Waals surface area contributed by atoms with E-state index in [1.807, 2.05) is 27.7 Å². The first-order valence-electron chi connectivity index (χ1n) is 6.57. The van der Waals surface area contributed by atoms with Crippen LogP contribution in [0.4, 0.5) is 4.39 Å². The molecule has 1 unspecified atom stereocenters. The highest BCUT2D eigenvalue weighted by Crippen LogP contribution is 2.39. The van der Waals surface area contributed by atoms with Crippen molar-refractivity contribution in [2.45, 2.75) is 51.4 Å². The molecule has 3 nitrogen and oxygen atoms in total. The Hall–Kier alpha value is -1.20. The van der Waals surface area contributed by atoms with Gasteiger partial charge in [-0.15, -0.1) is 0 Å². The van der Waals surface area contributed by atoms with Gasteiger partial charge in [0.1, 0.15) is 28.3 Å². The van der Waals surface area contributed by atoms with E-state index in [1.54, 1.807) is 12.1 Å². The predicted octanol–water partition coefficient (Wildman–Crippen LogP) is 3.18. The third-order valence-electron chi connectivity index (χ3n) is 3.48. The third-order valence-corrected chi connectivity index (χ3v) is 3.70. The van der Waals surface area contributed by atoms with Crippen molar-refractivity contribution in [3.63, 3.8) is 0 Å². The molecule has 1 fully saturated rings. The van der Waals surface area contributed by atoms with Gasteiger partial charge in [-0.05, 0) is 39.8 Å². The molecule has 1 atom stereocenters. The molecule has 1 aromatic carbocycles. The molecule has 1 aliphatic heterocycles. The highest BCUT2D eigenvalue weighted by Gasteiger charge is 2.47. The highest BCUT2D eigenvalue weighted by molar-refractivity contribution is 7.80. The van der Waals surface area contributed by atoms with Crippen molar-refractivity contribution in [3.05, 3.63) is 29.6 Å². The first-order valence-corrected chi connectivity index (χ1v) is 6.98. The summed E-state index contributed by atoms with van der Waals surface area (Å²) in [5.74, 6) is -0.00661. The van der Waals surface area contributed by atoms with E-state index >= 15 is 0 Å². The van der Waals surface area contributed by atoms with Gasteiger partial charge in [0.15, 0.2) is 0 Å². The van der Waals surface area contributed by atoms with Crippen LogP contribution < -0.4 is 10.5 Å². The molecule has 0 saturated carbocycles. The molecule has 1 heterocycles. The van der Waals surface area contributed by atoms with Gasteiger partial charge in [-0.1, -0.05) is 12.2 Å². The Labute approximate surface area is 124 Å². The largest absolute Gasteiger partial charge is 0.487 e. The molecule has 2 rings (SSSR count). The summed E-state index contributed by atoms with van der Waals surface area (Å²) >= 11 is 4.78. The van der Waals surface area contributed by atoms with Gasteiger partial charge in [0.05, 0.1) is 5.60 Å². The average molecular weight is 297 g/mol. The molecule has 0 spiro atoms. The third kappa shape index (κ3) is 3.10. The van der Waals surface area contributed by atoms with Crippen molar-refractivity contribution in [3.8, 4) is 5.75 Å². The van der Waals surface area contributed by atoms with Gasteiger partial charge in [-0.2, -0.15) is 0 Å². The van der Waals surface area contributed by atoms with E-state index in [2.05, 4.69) is 0 Å². The maximum atomic E-state index is 13.8. The Morgan fingerprint density at radius 2 is 2.05 bits per heavy atom. The molecular formula is C15H20FNO2S. The van der Waals surface area contributed by atoms with Crippen LogP contribution in [0.5, 0.6) is 5.75 Å². The second-order valence-corrected chi connectivity index (χ2v) is 6.72. The Morgan fingerprint density at radius 1 is 1.40 bits per heavy atom. The van der Waals surface area contributed by atoms with E-state index < -0.39 is 11.4 Å². The summed E-state index contributed by atoms with van der Waals surface area (Å²) in [5, 5.41) is 0. The molecule has 0 aliphatic carbocycles. The Balaban J connectivity index is 2.19. The summed E-state index contributed by atoms with van der Waals surface area (Å²) in [6.07, 6.45) is 0.617. The van der Waals surface area contributed by atoms with Gasteiger partial charge in [0.25, 0.3) is 0 Å². The minimum Gasteiger partial charge on any atom is -0.487 e. The van der Waals surface area contributed by atoms with Gasteiger partial charge in [-0.3, -0.25) is 0 Å². The molecule has 1 aliphatic rings. The van der Waals surface area contributed by atoms with Crippen LogP contribution in [0.25, 0.3) is 0 Å². The molecule has 1 aromatic rings. The number of thiocarbonyl (C=S) groups is 1. The molecular weight excluding hydrogens is 277 g/mol. The van der Waals surface area contributed by atoms with Crippen LogP contribution in [0, 0.1) is 5.82 Å². The summed E-state index contributed by atoms with van der Waals surface area (Å²) in [7, 11) is 0. The van der Waals surface area contributed by atoms with Gasteiger partial charge in [0, 0.05) is 18.1 Å². The quantitative estimate of drug-likeness (QED) is 0.870. The fourth-order valence-electron chi connectivity index (χ4n) is 2.63. The van der Waals surface area contributed by atoms with Crippen LogP contribution in [0.15, 0.2) is 18.2 Å². The van der Waals surface area contributed by atoms with Crippen LogP contribution in [-0.2, 0) is 4.74 Å². The SMILES string of the molecule is CC1(C)CC(Oc2ccc(C(N)=S)c(F)c2)C(C)(C)O1. The lowest BCUT2D eigenvalue weighted by molar-refractivity contribution is -0.0846. The number of halogens is 1. The van der Waals surface area contributed by atoms with E-state index in [0.717, 1.165) is 6.42 Å². The fraction of sp³-hybridized carbons (Fsp3) is 0.533. The monoisotopic (exact) mass is 297 g/mol. The van der Waals surface area contributed by atoms with Crippen molar-refractivity contribution in [2.24, 2.45) is 5.73 Å². The summed E-state index contributed by atoms with van der Waals surface area (Å²) in [5.41, 5.74) is 5.01. The molecule has 1 saturated heterocycles. The smallest absolute Gasteiger partial charge is 0.137 e. The lowest BCUT2D eigenvalue weighted by Crippen LogP contribution is -2.36. The molecule has 110 valence electrons. The number of benzene rings is 1. The summed E-state index contributed by atoms with van der Waals surface area (Å²) in [6.45, 7) is 8.00. The molecule has 0 radical (unpaired) electrons. The Morgan fingerprint density at radius 3 is 2.50 bits per heavy atom. The minimum atomic E-state index is -0.467. The lowest BCUT2D eigenvalue weighted by Gasteiger charge is -2.27. The Kier molecular flexibility index (Phi) is 3.77. The zero-order valence-electron chi connectivity index (χ0n) is 12.2. The number of rotatable bonds is 3. The molecule has 0 aromatic heterocycles. The van der Waals surface area contributed by atoms with E-state index in [0.29, 0.717) is 5.75 Å². The zero-order valence-corrected chi connectivity index (χ0v) is 13.0. The van der Waals surface area contributed by atoms with Crippen molar-refractivity contribution in [1.29, 1.82) is 0 Å². The summed E-state index contributed by atoms with van der Waals surface area (Å²) < 4.78 is 25.7. The number of hydrogen-bond acceptors (Lipinski definition) is 3. The average Bonchev–Trinajstić information content (AvgIpc) is 2.45. The Bertz CT molecular complexity index is 543. The fourth-order valence-corrected chi connectivity index (χ4v) is 2.79. The van der Waals surface area contributed by atoms with Crippen molar-refractivity contribution in [2.75, 3.05) is 0 Å². The molecule has 20 heavy (non-hydrogen) atoms. The van der Waals surface area contributed by atoms with Crippen LogP contribution in [0.2, 0.25) is 0 Å². The summed E-state index contributed by atoms with van der Waals surface area (Å²) in [4.78, 5) is 0.0414. The van der Waals surface area contributed by atoms with Crippen LogP contribution in [0.1, 0.15) is 39.7 Å². The highest BCUT2D eigenvalue weighted by atomic mass is 32.1. The summed E-state index contributed by atoms with van der Waals surface area (Å²) in [6, 6.07) is 4.54. The lowest BCUT2D eigenvalue weighted by atomic mass is 9.97. The van der Waals surface area contributed by atoms with E-state index in [1.165, 1.54) is 6.07 Å². The zero-order chi connectivity index (χ0) is 15.1. The van der Waals surface area contributed by atoms with E-state index in [-0.39, 0.29) is 22.3 Å². The maximum absolute atomic E-state index is 13.8. The predicted molar refractivity (Wildman–Crippen MR) is 80.6 cm³/mol. The van der Waals surface area contributed by atoms with Gasteiger partial charge in [-0.25, -0.2) is 4.39 Å². The first-order chi connectivity index (χ1) is 9.11. The minimum absolute atomic E-state index is 0.0414. The van der Waals surface area contributed by atoms with Crippen molar-refractivity contribution in [1.82, 2.24) is 0 Å². The van der Waals surface area contributed by atoms with E-state index in [4.69, 9.17) is 27.4 Å². The van der Waals surface area contributed by atoms with Crippen LogP contribution >= 0.6 is 12.2 Å². The van der Waals surface area contributed by atoms with Crippen molar-refractivity contribution >= 4 is 17.2 Å². The van der Waals surface area contributed by atoms with Crippen molar-refractivity contribution < 1.29 is 13.9 Å². The molecule has 0 amide bonds. The second-order valence-electron chi connectivity index (χ2n) is 6.28.